The van der Waals surface area contributed by atoms with Crippen molar-refractivity contribution in [1.29, 1.82) is 0 Å². The van der Waals surface area contributed by atoms with E-state index in [0.29, 0.717) is 0 Å². The molecule has 1 atom stereocenters. The van der Waals surface area contributed by atoms with Crippen LogP contribution in [0.1, 0.15) is 30.0 Å². The number of rotatable bonds is 6. The Morgan fingerprint density at radius 3 is 2.72 bits per heavy atom. The molecule has 0 heterocycles. The predicted molar refractivity (Wildman–Crippen MR) is 60.9 cm³/mol. The van der Waals surface area contributed by atoms with Crippen molar-refractivity contribution in [1.82, 2.24) is 0 Å². The summed E-state index contributed by atoms with van der Waals surface area (Å²) >= 11 is 0. The Balaban J connectivity index is 2.95. The van der Waals surface area contributed by atoms with E-state index < -0.39 is 23.6 Å². The van der Waals surface area contributed by atoms with Crippen LogP contribution in [-0.4, -0.2) is 18.2 Å². The van der Waals surface area contributed by atoms with Crippen LogP contribution in [0, 0.1) is 11.6 Å². The molecule has 1 rings (SSSR count). The zero-order chi connectivity index (χ0) is 13.7. The second-order valence-corrected chi connectivity index (χ2v) is 3.90. The molecule has 3 N–H and O–H groups in total. The number of carboxylic acids is 1. The molecule has 0 aliphatic heterocycles. The minimum absolute atomic E-state index is 0.0876. The second-order valence-electron chi connectivity index (χ2n) is 3.90. The molecule has 1 aromatic rings. The van der Waals surface area contributed by atoms with Crippen molar-refractivity contribution in [3.05, 3.63) is 34.9 Å². The van der Waals surface area contributed by atoms with E-state index in [1.807, 2.05) is 0 Å². The number of carbonyl (C=O) groups is 1. The number of carboxylic acid groups (broad SMARTS) is 1. The van der Waals surface area contributed by atoms with Gasteiger partial charge in [-0.15, -0.1) is 0 Å². The van der Waals surface area contributed by atoms with Crippen LogP contribution >= 0.6 is 0 Å². The minimum Gasteiger partial charge on any atom is -0.481 e. The quantitative estimate of drug-likeness (QED) is 0.819. The lowest BCUT2D eigenvalue weighted by Gasteiger charge is -2.14. The van der Waals surface area contributed by atoms with Crippen molar-refractivity contribution in [3.63, 3.8) is 0 Å². The number of hydrogen-bond donors (Lipinski definition) is 2. The van der Waals surface area contributed by atoms with E-state index in [-0.39, 0.29) is 30.6 Å². The molecular weight excluding hydrogens is 244 g/mol. The molecule has 0 radical (unpaired) electrons. The van der Waals surface area contributed by atoms with E-state index in [1.54, 1.807) is 0 Å². The topological polar surface area (TPSA) is 72.5 Å². The summed E-state index contributed by atoms with van der Waals surface area (Å²) in [6.45, 7) is -0.197. The van der Waals surface area contributed by atoms with Crippen LogP contribution in [0.4, 0.5) is 8.78 Å². The Bertz CT molecular complexity index is 438. The molecule has 0 bridgehead atoms. The molecule has 0 saturated heterocycles. The zero-order valence-electron chi connectivity index (χ0n) is 9.95. The maximum atomic E-state index is 13.9. The highest BCUT2D eigenvalue weighted by molar-refractivity contribution is 5.66. The van der Waals surface area contributed by atoms with Crippen molar-refractivity contribution in [2.45, 2.75) is 25.5 Å². The first-order chi connectivity index (χ1) is 8.47. The van der Waals surface area contributed by atoms with Gasteiger partial charge in [-0.25, -0.2) is 8.78 Å². The van der Waals surface area contributed by atoms with Gasteiger partial charge in [0.1, 0.15) is 11.6 Å². The largest absolute Gasteiger partial charge is 0.481 e. The van der Waals surface area contributed by atoms with Gasteiger partial charge in [0.05, 0.1) is 6.61 Å². The van der Waals surface area contributed by atoms with Gasteiger partial charge in [-0.3, -0.25) is 4.79 Å². The predicted octanol–water partition coefficient (Wildman–Crippen LogP) is 1.98. The van der Waals surface area contributed by atoms with Gasteiger partial charge >= 0.3 is 5.97 Å². The third-order valence-corrected chi connectivity index (χ3v) is 2.57. The number of hydrogen-bond acceptors (Lipinski definition) is 3. The number of halogens is 2. The monoisotopic (exact) mass is 259 g/mol. The standard InChI is InChI=1S/C12H15F2NO3/c1-18-6-8-9(13)3-2-7(12(8)14)10(15)4-5-11(16)17/h2-3,10H,4-6,15H2,1H3,(H,16,17). The van der Waals surface area contributed by atoms with E-state index in [4.69, 9.17) is 15.6 Å². The molecule has 0 saturated carbocycles. The molecule has 4 nitrogen and oxygen atoms in total. The van der Waals surface area contributed by atoms with E-state index >= 15 is 0 Å². The Morgan fingerprint density at radius 2 is 2.17 bits per heavy atom. The number of nitrogens with two attached hydrogens (primary N) is 1. The fourth-order valence-corrected chi connectivity index (χ4v) is 1.61. The van der Waals surface area contributed by atoms with Crippen LogP contribution in [0.15, 0.2) is 12.1 Å². The summed E-state index contributed by atoms with van der Waals surface area (Å²) in [7, 11) is 1.33. The lowest BCUT2D eigenvalue weighted by atomic mass is 9.99. The van der Waals surface area contributed by atoms with Gasteiger partial charge in [-0.2, -0.15) is 0 Å². The maximum Gasteiger partial charge on any atom is 0.303 e. The van der Waals surface area contributed by atoms with Gasteiger partial charge in [0.25, 0.3) is 0 Å². The molecule has 0 aliphatic carbocycles. The number of benzene rings is 1. The molecule has 18 heavy (non-hydrogen) atoms. The molecule has 1 unspecified atom stereocenters. The first-order valence-corrected chi connectivity index (χ1v) is 5.40. The first-order valence-electron chi connectivity index (χ1n) is 5.40. The normalized spacial score (nSPS) is 12.4. The van der Waals surface area contributed by atoms with Crippen molar-refractivity contribution >= 4 is 5.97 Å². The van der Waals surface area contributed by atoms with Gasteiger partial charge in [0.2, 0.25) is 0 Å². The Hall–Kier alpha value is -1.53. The van der Waals surface area contributed by atoms with Crippen LogP contribution in [0.3, 0.4) is 0 Å². The van der Waals surface area contributed by atoms with Crippen LogP contribution in [0.2, 0.25) is 0 Å². The third kappa shape index (κ3) is 3.48. The highest BCUT2D eigenvalue weighted by Gasteiger charge is 2.18. The first kappa shape index (κ1) is 14.5. The van der Waals surface area contributed by atoms with Crippen molar-refractivity contribution in [3.8, 4) is 0 Å². The number of aliphatic carboxylic acids is 1. The number of ether oxygens (including phenoxy) is 1. The molecular formula is C12H15F2NO3. The minimum atomic E-state index is -1.01. The third-order valence-electron chi connectivity index (χ3n) is 2.57. The van der Waals surface area contributed by atoms with Gasteiger partial charge in [-0.1, -0.05) is 6.07 Å². The van der Waals surface area contributed by atoms with E-state index in [1.165, 1.54) is 13.2 Å². The molecule has 0 aliphatic rings. The molecule has 0 amide bonds. The van der Waals surface area contributed by atoms with Crippen LogP contribution in [0.25, 0.3) is 0 Å². The Kier molecular flexibility index (Phi) is 5.18. The summed E-state index contributed by atoms with van der Waals surface area (Å²) in [5.74, 6) is -2.48. The van der Waals surface area contributed by atoms with Gasteiger partial charge < -0.3 is 15.6 Å². The van der Waals surface area contributed by atoms with Crippen molar-refractivity contribution in [2.24, 2.45) is 5.73 Å². The summed E-state index contributed by atoms with van der Waals surface area (Å²) in [5, 5.41) is 8.53. The average molecular weight is 259 g/mol. The van der Waals surface area contributed by atoms with Crippen LogP contribution in [-0.2, 0) is 16.1 Å². The summed E-state index contributed by atoms with van der Waals surface area (Å²) in [5.41, 5.74) is 5.60. The Labute approximate surface area is 103 Å². The Morgan fingerprint density at radius 1 is 1.50 bits per heavy atom. The molecule has 6 heteroatoms. The summed E-state index contributed by atoms with van der Waals surface area (Å²) in [4.78, 5) is 10.4. The van der Waals surface area contributed by atoms with E-state index in [9.17, 15) is 13.6 Å². The van der Waals surface area contributed by atoms with Crippen molar-refractivity contribution < 1.29 is 23.4 Å². The summed E-state index contributed by atoms with van der Waals surface area (Å²) in [6, 6.07) is 1.56. The fourth-order valence-electron chi connectivity index (χ4n) is 1.61. The van der Waals surface area contributed by atoms with Crippen LogP contribution < -0.4 is 5.73 Å². The second kappa shape index (κ2) is 6.42. The molecule has 0 spiro atoms. The highest BCUT2D eigenvalue weighted by Crippen LogP contribution is 2.24. The zero-order valence-corrected chi connectivity index (χ0v) is 9.95. The van der Waals surface area contributed by atoms with Gasteiger partial charge in [0.15, 0.2) is 0 Å². The molecule has 0 aromatic heterocycles. The van der Waals surface area contributed by atoms with Gasteiger partial charge in [0, 0.05) is 30.7 Å². The lowest BCUT2D eigenvalue weighted by molar-refractivity contribution is -0.137. The SMILES string of the molecule is COCc1c(F)ccc(C(N)CCC(=O)O)c1F. The molecule has 100 valence electrons. The van der Waals surface area contributed by atoms with Crippen molar-refractivity contribution in [2.75, 3.05) is 7.11 Å². The average Bonchev–Trinajstić information content (AvgIpc) is 2.31. The lowest BCUT2D eigenvalue weighted by Crippen LogP contribution is -2.15. The molecule has 1 aromatic carbocycles. The highest BCUT2D eigenvalue weighted by atomic mass is 19.1. The fraction of sp³-hybridized carbons (Fsp3) is 0.417. The van der Waals surface area contributed by atoms with Crippen LogP contribution in [0.5, 0.6) is 0 Å². The van der Waals surface area contributed by atoms with E-state index in [0.717, 1.165) is 6.07 Å². The summed E-state index contributed by atoms with van der Waals surface area (Å²) in [6.07, 6.45) is -0.0814. The summed E-state index contributed by atoms with van der Waals surface area (Å²) < 4.78 is 32.0. The molecule has 0 fully saturated rings. The smallest absolute Gasteiger partial charge is 0.303 e. The maximum absolute atomic E-state index is 13.9. The number of methoxy groups -OCH3 is 1. The van der Waals surface area contributed by atoms with Gasteiger partial charge in [-0.05, 0) is 12.5 Å². The van der Waals surface area contributed by atoms with E-state index in [2.05, 4.69) is 0 Å².